The molecule has 1 aliphatic heterocycles. The normalized spacial score (nSPS) is 15.8. The Morgan fingerprint density at radius 2 is 1.71 bits per heavy atom. The average molecular weight is 291 g/mol. The van der Waals surface area contributed by atoms with E-state index in [1.165, 1.54) is 18.6 Å². The van der Waals surface area contributed by atoms with E-state index in [1.54, 1.807) is 9.80 Å². The number of piperazine rings is 1. The van der Waals surface area contributed by atoms with E-state index in [4.69, 9.17) is 0 Å². The van der Waals surface area contributed by atoms with Crippen molar-refractivity contribution in [2.24, 2.45) is 0 Å². The molecule has 114 valence electrons. The fraction of sp³-hybridized carbons (Fsp3) is 0.571. The minimum Gasteiger partial charge on any atom is -0.334 e. The first-order valence-corrected chi connectivity index (χ1v) is 6.99. The summed E-state index contributed by atoms with van der Waals surface area (Å²) in [4.78, 5) is 35.6. The molecule has 0 aliphatic carbocycles. The molecule has 7 heteroatoms. The maximum atomic E-state index is 12.2. The molecule has 21 heavy (non-hydrogen) atoms. The fourth-order valence-corrected chi connectivity index (χ4v) is 2.08. The third kappa shape index (κ3) is 4.14. The van der Waals surface area contributed by atoms with Gasteiger partial charge in [-0.2, -0.15) is 0 Å². The van der Waals surface area contributed by atoms with Crippen molar-refractivity contribution < 1.29 is 9.59 Å². The first-order chi connectivity index (χ1) is 9.87. The first kappa shape index (κ1) is 15.2. The van der Waals surface area contributed by atoms with E-state index in [0.717, 1.165) is 0 Å². The van der Waals surface area contributed by atoms with Gasteiger partial charge in [-0.25, -0.2) is 9.78 Å². The molecule has 1 fully saturated rings. The van der Waals surface area contributed by atoms with E-state index >= 15 is 0 Å². The third-order valence-corrected chi connectivity index (χ3v) is 3.12. The third-order valence-electron chi connectivity index (χ3n) is 3.12. The number of nitrogens with one attached hydrogen (secondary N) is 1. The summed E-state index contributed by atoms with van der Waals surface area (Å²) in [6.07, 6.45) is 4.49. The zero-order valence-corrected chi connectivity index (χ0v) is 12.7. The average Bonchev–Trinajstić information content (AvgIpc) is 2.46. The Kier molecular flexibility index (Phi) is 4.40. The van der Waals surface area contributed by atoms with Crippen LogP contribution in [0.15, 0.2) is 18.6 Å². The van der Waals surface area contributed by atoms with Crippen molar-refractivity contribution in [1.82, 2.24) is 25.1 Å². The Hall–Kier alpha value is -2.18. The lowest BCUT2D eigenvalue weighted by Crippen LogP contribution is -2.56. The maximum Gasteiger partial charge on any atom is 0.317 e. The summed E-state index contributed by atoms with van der Waals surface area (Å²) in [7, 11) is 0. The lowest BCUT2D eigenvalue weighted by atomic mass is 10.1. The quantitative estimate of drug-likeness (QED) is 0.828. The number of urea groups is 1. The zero-order valence-electron chi connectivity index (χ0n) is 12.7. The fourth-order valence-electron chi connectivity index (χ4n) is 2.08. The van der Waals surface area contributed by atoms with Crippen LogP contribution in [-0.2, 0) is 0 Å². The SMILES string of the molecule is CC(C)(C)NC(=O)N1CCN(C(=O)c2cnccn2)CC1. The second-order valence-electron chi connectivity index (χ2n) is 6.05. The topological polar surface area (TPSA) is 78.4 Å². The molecule has 0 spiro atoms. The zero-order chi connectivity index (χ0) is 15.5. The molecule has 1 saturated heterocycles. The molecule has 1 aromatic heterocycles. The van der Waals surface area contributed by atoms with Crippen LogP contribution in [0.5, 0.6) is 0 Å². The molecule has 0 bridgehead atoms. The van der Waals surface area contributed by atoms with Crippen molar-refractivity contribution >= 4 is 11.9 Å². The molecule has 0 saturated carbocycles. The predicted molar refractivity (Wildman–Crippen MR) is 77.8 cm³/mol. The minimum absolute atomic E-state index is 0.0888. The van der Waals surface area contributed by atoms with Crippen molar-refractivity contribution in [3.63, 3.8) is 0 Å². The first-order valence-electron chi connectivity index (χ1n) is 6.99. The van der Waals surface area contributed by atoms with Gasteiger partial charge in [-0.1, -0.05) is 0 Å². The number of hydrogen-bond donors (Lipinski definition) is 1. The second kappa shape index (κ2) is 6.07. The summed E-state index contributed by atoms with van der Waals surface area (Å²) < 4.78 is 0. The van der Waals surface area contributed by atoms with Crippen LogP contribution in [0.4, 0.5) is 4.79 Å². The molecule has 0 atom stereocenters. The van der Waals surface area contributed by atoms with Crippen LogP contribution < -0.4 is 5.32 Å². The minimum atomic E-state index is -0.260. The smallest absolute Gasteiger partial charge is 0.317 e. The molecule has 1 aliphatic rings. The molecule has 1 aromatic rings. The van der Waals surface area contributed by atoms with Gasteiger partial charge in [0.1, 0.15) is 5.69 Å². The molecule has 0 unspecified atom stereocenters. The van der Waals surface area contributed by atoms with E-state index in [1.807, 2.05) is 20.8 Å². The van der Waals surface area contributed by atoms with Gasteiger partial charge in [0.2, 0.25) is 0 Å². The van der Waals surface area contributed by atoms with Gasteiger partial charge < -0.3 is 15.1 Å². The summed E-state index contributed by atoms with van der Waals surface area (Å²) >= 11 is 0. The Morgan fingerprint density at radius 1 is 1.10 bits per heavy atom. The highest BCUT2D eigenvalue weighted by molar-refractivity contribution is 5.92. The Morgan fingerprint density at radius 3 is 2.24 bits per heavy atom. The highest BCUT2D eigenvalue weighted by Gasteiger charge is 2.27. The van der Waals surface area contributed by atoms with E-state index in [9.17, 15) is 9.59 Å². The monoisotopic (exact) mass is 291 g/mol. The van der Waals surface area contributed by atoms with E-state index in [-0.39, 0.29) is 17.5 Å². The van der Waals surface area contributed by atoms with Crippen LogP contribution in [0.2, 0.25) is 0 Å². The van der Waals surface area contributed by atoms with Crippen molar-refractivity contribution in [3.05, 3.63) is 24.3 Å². The molecule has 3 amide bonds. The van der Waals surface area contributed by atoms with Gasteiger partial charge in [0, 0.05) is 44.1 Å². The Bertz CT molecular complexity index is 504. The lowest BCUT2D eigenvalue weighted by molar-refractivity contribution is 0.0655. The van der Waals surface area contributed by atoms with Crippen LogP contribution in [-0.4, -0.2) is 63.4 Å². The molecular formula is C14H21N5O2. The number of carbonyl (C=O) groups is 2. The summed E-state index contributed by atoms with van der Waals surface area (Å²) in [5.74, 6) is -0.140. The van der Waals surface area contributed by atoms with E-state index in [0.29, 0.717) is 31.9 Å². The van der Waals surface area contributed by atoms with Crippen LogP contribution >= 0.6 is 0 Å². The number of hydrogen-bond acceptors (Lipinski definition) is 4. The van der Waals surface area contributed by atoms with Gasteiger partial charge in [0.05, 0.1) is 6.20 Å². The highest BCUT2D eigenvalue weighted by atomic mass is 16.2. The summed E-state index contributed by atoms with van der Waals surface area (Å²) in [6.45, 7) is 7.89. The van der Waals surface area contributed by atoms with Gasteiger partial charge in [0.15, 0.2) is 0 Å². The molecule has 2 rings (SSSR count). The predicted octanol–water partition coefficient (Wildman–Crippen LogP) is 0.742. The van der Waals surface area contributed by atoms with E-state index in [2.05, 4.69) is 15.3 Å². The van der Waals surface area contributed by atoms with Gasteiger partial charge in [0.25, 0.3) is 5.91 Å². The van der Waals surface area contributed by atoms with Gasteiger partial charge in [-0.05, 0) is 20.8 Å². The number of rotatable bonds is 1. The van der Waals surface area contributed by atoms with Crippen LogP contribution in [0.25, 0.3) is 0 Å². The Labute approximate surface area is 124 Å². The largest absolute Gasteiger partial charge is 0.334 e. The van der Waals surface area contributed by atoms with Crippen molar-refractivity contribution in [2.75, 3.05) is 26.2 Å². The van der Waals surface area contributed by atoms with Crippen LogP contribution in [0.3, 0.4) is 0 Å². The highest BCUT2D eigenvalue weighted by Crippen LogP contribution is 2.08. The van der Waals surface area contributed by atoms with Crippen molar-refractivity contribution in [2.45, 2.75) is 26.3 Å². The standard InChI is InChI=1S/C14H21N5O2/c1-14(2,3)17-13(21)19-8-6-18(7-9-19)12(20)11-10-15-4-5-16-11/h4-5,10H,6-9H2,1-3H3,(H,17,21). The Balaban J connectivity index is 1.89. The van der Waals surface area contributed by atoms with Crippen molar-refractivity contribution in [1.29, 1.82) is 0 Å². The number of aromatic nitrogens is 2. The molecule has 7 nitrogen and oxygen atoms in total. The van der Waals surface area contributed by atoms with E-state index < -0.39 is 0 Å². The van der Waals surface area contributed by atoms with Crippen LogP contribution in [0, 0.1) is 0 Å². The molecule has 0 radical (unpaired) electrons. The number of nitrogens with zero attached hydrogens (tertiary/aromatic N) is 4. The van der Waals surface area contributed by atoms with Gasteiger partial charge in [-0.15, -0.1) is 0 Å². The molecule has 2 heterocycles. The summed E-state index contributed by atoms with van der Waals surface area (Å²) in [5, 5.41) is 2.93. The summed E-state index contributed by atoms with van der Waals surface area (Å²) in [6, 6.07) is -0.0888. The van der Waals surface area contributed by atoms with Crippen molar-refractivity contribution in [3.8, 4) is 0 Å². The molecular weight excluding hydrogens is 270 g/mol. The summed E-state index contributed by atoms with van der Waals surface area (Å²) in [5.41, 5.74) is 0.0778. The molecule has 0 aromatic carbocycles. The molecule has 1 N–H and O–H groups in total. The number of amides is 3. The van der Waals surface area contributed by atoms with Crippen LogP contribution in [0.1, 0.15) is 31.3 Å². The lowest BCUT2D eigenvalue weighted by Gasteiger charge is -2.36. The number of carbonyl (C=O) groups excluding carboxylic acids is 2. The van der Waals surface area contributed by atoms with Gasteiger partial charge >= 0.3 is 6.03 Å². The maximum absolute atomic E-state index is 12.2. The van der Waals surface area contributed by atoms with Gasteiger partial charge in [-0.3, -0.25) is 9.78 Å². The second-order valence-corrected chi connectivity index (χ2v) is 6.05.